The van der Waals surface area contributed by atoms with Crippen LogP contribution in [-0.2, 0) is 0 Å². The molecule has 2 saturated heterocycles. The van der Waals surface area contributed by atoms with Crippen molar-refractivity contribution < 1.29 is 5.11 Å². The molecule has 1 aliphatic carbocycles. The molecule has 34 heavy (non-hydrogen) atoms. The Morgan fingerprint density at radius 3 is 2.09 bits per heavy atom. The Balaban J connectivity index is 0.00000324. The van der Waals surface area contributed by atoms with Gasteiger partial charge in [-0.25, -0.2) is 0 Å². The lowest BCUT2D eigenvalue weighted by molar-refractivity contribution is 0.145. The number of unbranched alkanes of at least 4 members (excludes halogenated alkanes) is 1. The number of nitrogens with zero attached hydrogens (tertiary/aromatic N) is 3. The van der Waals surface area contributed by atoms with E-state index < -0.39 is 0 Å². The van der Waals surface area contributed by atoms with Crippen LogP contribution >= 0.6 is 12.4 Å². The lowest BCUT2D eigenvalue weighted by Gasteiger charge is -2.41. The molecule has 0 radical (unpaired) electrons. The summed E-state index contributed by atoms with van der Waals surface area (Å²) < 4.78 is 0. The second-order valence-corrected chi connectivity index (χ2v) is 12.1. The van der Waals surface area contributed by atoms with Gasteiger partial charge in [0.25, 0.3) is 0 Å². The van der Waals surface area contributed by atoms with Gasteiger partial charge in [-0.2, -0.15) is 0 Å². The van der Waals surface area contributed by atoms with Gasteiger partial charge in [-0.15, -0.1) is 12.4 Å². The SMILES string of the molecule is CCCCN1CCN(c2ccc(N3CCC(O)CC3)cc2C2CCC(C(C)(C)C)CC2)CC1.Cl. The Hall–Kier alpha value is -0.970. The zero-order valence-electron chi connectivity index (χ0n) is 22.3. The van der Waals surface area contributed by atoms with Crippen molar-refractivity contribution in [1.82, 2.24) is 4.90 Å². The second-order valence-electron chi connectivity index (χ2n) is 12.1. The standard InChI is InChI=1S/C29H49N3O.ClH/c1-5-6-15-30-18-20-32(21-19-30)28-12-11-25(31-16-13-26(33)14-17-31)22-27(28)23-7-9-24(10-8-23)29(2,3)4;/h11-12,22-24,26,33H,5-10,13-21H2,1-4H3;1H. The monoisotopic (exact) mass is 491 g/mol. The van der Waals surface area contributed by atoms with E-state index in [-0.39, 0.29) is 18.5 Å². The first-order valence-corrected chi connectivity index (χ1v) is 13.9. The molecule has 2 aliphatic heterocycles. The fraction of sp³-hybridized carbons (Fsp3) is 0.793. The fourth-order valence-corrected chi connectivity index (χ4v) is 6.34. The van der Waals surface area contributed by atoms with Gasteiger partial charge in [-0.05, 0) is 92.5 Å². The normalized spacial score (nSPS) is 25.3. The first kappa shape index (κ1) is 27.6. The highest BCUT2D eigenvalue weighted by Crippen LogP contribution is 2.46. The van der Waals surface area contributed by atoms with Gasteiger partial charge in [0.1, 0.15) is 0 Å². The zero-order chi connectivity index (χ0) is 23.4. The van der Waals surface area contributed by atoms with Crippen molar-refractivity contribution in [2.75, 3.05) is 55.6 Å². The van der Waals surface area contributed by atoms with Crippen LogP contribution in [0, 0.1) is 11.3 Å². The van der Waals surface area contributed by atoms with E-state index in [0.29, 0.717) is 11.3 Å². The van der Waals surface area contributed by atoms with Crippen molar-refractivity contribution in [1.29, 1.82) is 0 Å². The minimum atomic E-state index is -0.114. The molecule has 0 aromatic heterocycles. The van der Waals surface area contributed by atoms with Crippen LogP contribution in [0.1, 0.15) is 90.5 Å². The van der Waals surface area contributed by atoms with E-state index in [0.717, 1.165) is 44.9 Å². The van der Waals surface area contributed by atoms with Crippen molar-refractivity contribution in [3.05, 3.63) is 23.8 Å². The summed E-state index contributed by atoms with van der Waals surface area (Å²) in [6.07, 6.45) is 9.66. The van der Waals surface area contributed by atoms with Gasteiger partial charge < -0.3 is 14.9 Å². The molecule has 3 aliphatic rings. The third kappa shape index (κ3) is 6.83. The number of piperazine rings is 1. The molecule has 2 heterocycles. The first-order chi connectivity index (χ1) is 15.8. The van der Waals surface area contributed by atoms with E-state index >= 15 is 0 Å². The summed E-state index contributed by atoms with van der Waals surface area (Å²) in [4.78, 5) is 7.84. The van der Waals surface area contributed by atoms with Gasteiger partial charge in [0.05, 0.1) is 6.10 Å². The van der Waals surface area contributed by atoms with Crippen molar-refractivity contribution in [2.24, 2.45) is 11.3 Å². The summed E-state index contributed by atoms with van der Waals surface area (Å²) >= 11 is 0. The third-order valence-electron chi connectivity index (χ3n) is 8.77. The number of halogens is 1. The Bertz CT molecular complexity index is 740. The quantitative estimate of drug-likeness (QED) is 0.504. The number of rotatable bonds is 6. The molecule has 0 bridgehead atoms. The summed E-state index contributed by atoms with van der Waals surface area (Å²) in [7, 11) is 0. The maximum absolute atomic E-state index is 9.98. The molecule has 1 aromatic carbocycles. The van der Waals surface area contributed by atoms with Gasteiger partial charge in [0.15, 0.2) is 0 Å². The van der Waals surface area contributed by atoms with Gasteiger partial charge in [-0.3, -0.25) is 4.90 Å². The van der Waals surface area contributed by atoms with E-state index in [2.05, 4.69) is 60.6 Å². The molecule has 0 amide bonds. The van der Waals surface area contributed by atoms with Crippen LogP contribution in [0.2, 0.25) is 0 Å². The van der Waals surface area contributed by atoms with Crippen molar-refractivity contribution in [3.63, 3.8) is 0 Å². The van der Waals surface area contributed by atoms with Crippen molar-refractivity contribution >= 4 is 23.8 Å². The lowest BCUT2D eigenvalue weighted by Crippen LogP contribution is -2.47. The number of piperidine rings is 1. The maximum atomic E-state index is 9.98. The Morgan fingerprint density at radius 1 is 0.853 bits per heavy atom. The van der Waals surface area contributed by atoms with E-state index in [1.54, 1.807) is 5.56 Å². The van der Waals surface area contributed by atoms with Crippen molar-refractivity contribution in [3.8, 4) is 0 Å². The number of benzene rings is 1. The summed E-state index contributed by atoms with van der Waals surface area (Å²) in [6, 6.07) is 7.34. The summed E-state index contributed by atoms with van der Waals surface area (Å²) in [5.74, 6) is 1.54. The largest absolute Gasteiger partial charge is 0.393 e. The summed E-state index contributed by atoms with van der Waals surface area (Å²) in [6.45, 7) is 17.5. The van der Waals surface area contributed by atoms with Crippen LogP contribution in [0.3, 0.4) is 0 Å². The van der Waals surface area contributed by atoms with Crippen LogP contribution in [0.15, 0.2) is 18.2 Å². The number of aliphatic hydroxyl groups is 1. The molecule has 1 N–H and O–H groups in total. The van der Waals surface area contributed by atoms with E-state index in [1.807, 2.05) is 0 Å². The van der Waals surface area contributed by atoms with Gasteiger partial charge in [0.2, 0.25) is 0 Å². The predicted octanol–water partition coefficient (Wildman–Crippen LogP) is 6.31. The minimum absolute atomic E-state index is 0. The molecule has 194 valence electrons. The van der Waals surface area contributed by atoms with Crippen LogP contribution in [0.4, 0.5) is 11.4 Å². The van der Waals surface area contributed by atoms with E-state index in [4.69, 9.17) is 0 Å². The first-order valence-electron chi connectivity index (χ1n) is 13.9. The van der Waals surface area contributed by atoms with Gasteiger partial charge >= 0.3 is 0 Å². The Kier molecular flexibility index (Phi) is 10.0. The average molecular weight is 492 g/mol. The van der Waals surface area contributed by atoms with E-state index in [9.17, 15) is 5.11 Å². The van der Waals surface area contributed by atoms with Gasteiger partial charge in [0, 0.05) is 50.6 Å². The average Bonchev–Trinajstić information content (AvgIpc) is 2.83. The molecule has 4 rings (SSSR count). The molecule has 0 unspecified atom stereocenters. The topological polar surface area (TPSA) is 30.0 Å². The Morgan fingerprint density at radius 2 is 1.50 bits per heavy atom. The predicted molar refractivity (Wildman–Crippen MR) is 149 cm³/mol. The highest BCUT2D eigenvalue weighted by molar-refractivity contribution is 5.85. The molecule has 0 spiro atoms. The fourth-order valence-electron chi connectivity index (χ4n) is 6.34. The Labute approximate surface area is 215 Å². The smallest absolute Gasteiger partial charge is 0.0574 e. The summed E-state index contributed by atoms with van der Waals surface area (Å²) in [5, 5.41) is 9.98. The summed E-state index contributed by atoms with van der Waals surface area (Å²) in [5.41, 5.74) is 4.91. The van der Waals surface area contributed by atoms with Crippen LogP contribution in [0.25, 0.3) is 0 Å². The van der Waals surface area contributed by atoms with Crippen LogP contribution in [-0.4, -0.2) is 61.9 Å². The molecule has 3 fully saturated rings. The van der Waals surface area contributed by atoms with Crippen LogP contribution < -0.4 is 9.80 Å². The second kappa shape index (κ2) is 12.3. The lowest BCUT2D eigenvalue weighted by atomic mass is 9.68. The maximum Gasteiger partial charge on any atom is 0.0574 e. The van der Waals surface area contributed by atoms with E-state index in [1.165, 1.54) is 69.5 Å². The molecule has 5 heteroatoms. The number of aliphatic hydroxyl groups excluding tert-OH is 1. The number of hydrogen-bond donors (Lipinski definition) is 1. The molecule has 0 atom stereocenters. The zero-order valence-corrected chi connectivity index (χ0v) is 23.1. The third-order valence-corrected chi connectivity index (χ3v) is 8.77. The van der Waals surface area contributed by atoms with Crippen LogP contribution in [0.5, 0.6) is 0 Å². The van der Waals surface area contributed by atoms with Gasteiger partial charge in [-0.1, -0.05) is 34.1 Å². The number of hydrogen-bond acceptors (Lipinski definition) is 4. The highest BCUT2D eigenvalue weighted by Gasteiger charge is 2.32. The number of anilines is 2. The molecular formula is C29H50ClN3O. The van der Waals surface area contributed by atoms with Crippen molar-refractivity contribution in [2.45, 2.75) is 91.1 Å². The molecular weight excluding hydrogens is 442 g/mol. The highest BCUT2D eigenvalue weighted by atomic mass is 35.5. The molecule has 4 nitrogen and oxygen atoms in total. The molecule has 1 saturated carbocycles. The minimum Gasteiger partial charge on any atom is -0.393 e. The molecule has 1 aromatic rings.